The van der Waals surface area contributed by atoms with Crippen LogP contribution in [0.15, 0.2) is 34.2 Å². The van der Waals surface area contributed by atoms with E-state index in [1.54, 1.807) is 18.9 Å². The summed E-state index contributed by atoms with van der Waals surface area (Å²) >= 11 is 7.82. The molecule has 0 atom stereocenters. The Bertz CT molecular complexity index is 601. The second-order valence-corrected chi connectivity index (χ2v) is 6.27. The highest BCUT2D eigenvalue weighted by atomic mass is 35.5. The monoisotopic (exact) mass is 325 g/mol. The molecule has 1 aromatic carbocycles. The summed E-state index contributed by atoms with van der Waals surface area (Å²) < 4.78 is 6.93. The van der Waals surface area contributed by atoms with Crippen LogP contribution in [-0.4, -0.2) is 30.0 Å². The molecule has 2 rings (SSSR count). The first-order chi connectivity index (χ1) is 10.1. The highest BCUT2D eigenvalue weighted by molar-refractivity contribution is 7.99. The Labute approximate surface area is 134 Å². The van der Waals surface area contributed by atoms with Crippen molar-refractivity contribution in [2.75, 3.05) is 20.3 Å². The van der Waals surface area contributed by atoms with Crippen LogP contribution in [0.5, 0.6) is 0 Å². The Morgan fingerprint density at radius 1 is 1.38 bits per heavy atom. The van der Waals surface area contributed by atoms with E-state index in [0.29, 0.717) is 6.61 Å². The summed E-state index contributed by atoms with van der Waals surface area (Å²) in [5, 5.41) is 9.59. The van der Waals surface area contributed by atoms with Crippen molar-refractivity contribution in [1.29, 1.82) is 0 Å². The molecule has 0 unspecified atom stereocenters. The van der Waals surface area contributed by atoms with Crippen molar-refractivity contribution in [2.45, 2.75) is 23.4 Å². The Morgan fingerprint density at radius 3 is 2.86 bits per heavy atom. The lowest BCUT2D eigenvalue weighted by atomic mass is 10.2. The zero-order valence-electron chi connectivity index (χ0n) is 12.5. The fraction of sp³-hybridized carbons (Fsp3) is 0.400. The summed E-state index contributed by atoms with van der Waals surface area (Å²) in [6, 6.07) is 8.07. The number of benzene rings is 1. The third kappa shape index (κ3) is 4.74. The van der Waals surface area contributed by atoms with Gasteiger partial charge in [-0.2, -0.15) is 5.10 Å². The third-order valence-electron chi connectivity index (χ3n) is 3.00. The van der Waals surface area contributed by atoms with E-state index in [2.05, 4.69) is 22.5 Å². The summed E-state index contributed by atoms with van der Waals surface area (Å²) in [6.45, 7) is 4.32. The van der Waals surface area contributed by atoms with Gasteiger partial charge in [0.15, 0.2) is 0 Å². The summed E-state index contributed by atoms with van der Waals surface area (Å²) in [4.78, 5) is 1.15. The number of rotatable bonds is 7. The lowest BCUT2D eigenvalue weighted by Gasteiger charge is -2.11. The topological polar surface area (TPSA) is 39.1 Å². The van der Waals surface area contributed by atoms with Crippen molar-refractivity contribution in [1.82, 2.24) is 15.1 Å². The number of methoxy groups -OCH3 is 1. The summed E-state index contributed by atoms with van der Waals surface area (Å²) in [5.41, 5.74) is 2.24. The second-order valence-electron chi connectivity index (χ2n) is 4.77. The molecule has 114 valence electrons. The minimum Gasteiger partial charge on any atom is -0.383 e. The molecule has 0 fully saturated rings. The van der Waals surface area contributed by atoms with Gasteiger partial charge in [0.2, 0.25) is 0 Å². The summed E-state index contributed by atoms with van der Waals surface area (Å²) in [7, 11) is 3.66. The first-order valence-electron chi connectivity index (χ1n) is 6.76. The van der Waals surface area contributed by atoms with Gasteiger partial charge in [0.1, 0.15) is 0 Å². The molecule has 0 aliphatic heterocycles. The normalized spacial score (nSPS) is 11.0. The fourth-order valence-corrected chi connectivity index (χ4v) is 3.28. The first-order valence-corrected chi connectivity index (χ1v) is 7.96. The van der Waals surface area contributed by atoms with Crippen molar-refractivity contribution in [3.05, 3.63) is 40.5 Å². The lowest BCUT2D eigenvalue weighted by Crippen LogP contribution is -2.18. The number of nitrogens with one attached hydrogen (secondary N) is 1. The average molecular weight is 326 g/mol. The summed E-state index contributed by atoms with van der Waals surface area (Å²) in [5.74, 6) is 0. The van der Waals surface area contributed by atoms with E-state index in [1.807, 2.05) is 30.8 Å². The van der Waals surface area contributed by atoms with Crippen molar-refractivity contribution in [2.24, 2.45) is 7.05 Å². The molecule has 0 amide bonds. The van der Waals surface area contributed by atoms with Crippen molar-refractivity contribution in [3.63, 3.8) is 0 Å². The van der Waals surface area contributed by atoms with Gasteiger partial charge >= 0.3 is 0 Å². The number of nitrogens with zero attached hydrogens (tertiary/aromatic N) is 2. The van der Waals surface area contributed by atoms with Gasteiger partial charge in [-0.3, -0.25) is 4.68 Å². The van der Waals surface area contributed by atoms with E-state index in [4.69, 9.17) is 16.3 Å². The molecule has 0 aliphatic carbocycles. The van der Waals surface area contributed by atoms with Gasteiger partial charge in [0, 0.05) is 37.2 Å². The van der Waals surface area contributed by atoms with Crippen LogP contribution in [0.4, 0.5) is 0 Å². The Morgan fingerprint density at radius 2 is 2.19 bits per heavy atom. The van der Waals surface area contributed by atoms with Gasteiger partial charge in [0.05, 0.1) is 17.3 Å². The van der Waals surface area contributed by atoms with Crippen LogP contribution in [0.2, 0.25) is 5.02 Å². The number of ether oxygens (including phenoxy) is 1. The van der Waals surface area contributed by atoms with Crippen LogP contribution >= 0.6 is 23.4 Å². The van der Waals surface area contributed by atoms with Gasteiger partial charge in [-0.15, -0.1) is 0 Å². The molecular formula is C15H20ClN3OS. The van der Waals surface area contributed by atoms with Crippen LogP contribution in [-0.2, 0) is 18.3 Å². The number of aromatic nitrogens is 2. The molecular weight excluding hydrogens is 306 g/mol. The van der Waals surface area contributed by atoms with E-state index in [-0.39, 0.29) is 0 Å². The zero-order valence-corrected chi connectivity index (χ0v) is 14.1. The van der Waals surface area contributed by atoms with Crippen LogP contribution in [0.1, 0.15) is 11.3 Å². The molecule has 0 aliphatic rings. The van der Waals surface area contributed by atoms with Crippen molar-refractivity contribution >= 4 is 23.4 Å². The van der Waals surface area contributed by atoms with E-state index in [1.165, 1.54) is 5.56 Å². The minimum absolute atomic E-state index is 0.705. The van der Waals surface area contributed by atoms with Crippen LogP contribution in [0, 0.1) is 6.92 Å². The highest BCUT2D eigenvalue weighted by Gasteiger charge is 2.09. The van der Waals surface area contributed by atoms with E-state index in [0.717, 1.165) is 33.7 Å². The molecule has 1 heterocycles. The number of halogens is 1. The third-order valence-corrected chi connectivity index (χ3v) is 4.43. The molecule has 0 saturated carbocycles. The molecule has 4 nitrogen and oxygen atoms in total. The quantitative estimate of drug-likeness (QED) is 0.793. The maximum Gasteiger partial charge on any atom is 0.0987 e. The molecule has 0 spiro atoms. The lowest BCUT2D eigenvalue weighted by molar-refractivity contribution is 0.199. The van der Waals surface area contributed by atoms with Crippen molar-refractivity contribution < 1.29 is 4.74 Å². The fourth-order valence-electron chi connectivity index (χ4n) is 1.96. The Balaban J connectivity index is 2.13. The molecule has 0 saturated heterocycles. The predicted octanol–water partition coefficient (Wildman–Crippen LogP) is 3.27. The standard InChI is InChI=1S/C15H20ClN3OS/c1-11-8-15(19(2)18-11)21-14-9-13(16)5-4-12(14)10-17-6-7-20-3/h4-5,8-9,17H,6-7,10H2,1-3H3. The maximum atomic E-state index is 6.14. The number of hydrogen-bond donors (Lipinski definition) is 1. The number of hydrogen-bond acceptors (Lipinski definition) is 4. The van der Waals surface area contributed by atoms with Crippen LogP contribution < -0.4 is 5.32 Å². The molecule has 0 bridgehead atoms. The molecule has 0 radical (unpaired) electrons. The Hall–Kier alpha value is -1.01. The molecule has 6 heteroatoms. The maximum absolute atomic E-state index is 6.14. The van der Waals surface area contributed by atoms with Gasteiger partial charge in [0.25, 0.3) is 0 Å². The second kappa shape index (κ2) is 7.84. The molecule has 1 aromatic heterocycles. The Kier molecular flexibility index (Phi) is 6.11. The SMILES string of the molecule is COCCNCc1ccc(Cl)cc1Sc1cc(C)nn1C. The minimum atomic E-state index is 0.705. The smallest absolute Gasteiger partial charge is 0.0987 e. The highest BCUT2D eigenvalue weighted by Crippen LogP contribution is 2.32. The van der Waals surface area contributed by atoms with Gasteiger partial charge in [-0.05, 0) is 30.7 Å². The molecule has 1 N–H and O–H groups in total. The largest absolute Gasteiger partial charge is 0.383 e. The van der Waals surface area contributed by atoms with E-state index >= 15 is 0 Å². The van der Waals surface area contributed by atoms with Gasteiger partial charge < -0.3 is 10.1 Å². The average Bonchev–Trinajstić information content (AvgIpc) is 2.75. The van der Waals surface area contributed by atoms with Gasteiger partial charge in [-0.25, -0.2) is 0 Å². The van der Waals surface area contributed by atoms with E-state index in [9.17, 15) is 0 Å². The van der Waals surface area contributed by atoms with Gasteiger partial charge in [-0.1, -0.05) is 29.4 Å². The van der Waals surface area contributed by atoms with Crippen molar-refractivity contribution in [3.8, 4) is 0 Å². The van der Waals surface area contributed by atoms with Crippen LogP contribution in [0.25, 0.3) is 0 Å². The predicted molar refractivity (Wildman–Crippen MR) is 87.1 cm³/mol. The molecule has 21 heavy (non-hydrogen) atoms. The zero-order chi connectivity index (χ0) is 15.2. The molecule has 2 aromatic rings. The van der Waals surface area contributed by atoms with E-state index < -0.39 is 0 Å². The number of aryl methyl sites for hydroxylation is 2. The van der Waals surface area contributed by atoms with Crippen LogP contribution in [0.3, 0.4) is 0 Å². The first kappa shape index (κ1) is 16.4. The summed E-state index contributed by atoms with van der Waals surface area (Å²) in [6.07, 6.45) is 0.